The molecule has 0 aliphatic heterocycles. The maximum Gasteiger partial charge on any atom is 0.278 e. The fourth-order valence-electron chi connectivity index (χ4n) is 3.38. The molecule has 0 saturated heterocycles. The molecule has 1 atom stereocenters. The van der Waals surface area contributed by atoms with Crippen molar-refractivity contribution in [2.45, 2.75) is 25.3 Å². The van der Waals surface area contributed by atoms with Gasteiger partial charge in [-0.2, -0.15) is 10.1 Å². The zero-order valence-corrected chi connectivity index (χ0v) is 12.6. The monoisotopic (exact) mass is 322 g/mol. The van der Waals surface area contributed by atoms with E-state index in [-0.39, 0.29) is 11.6 Å². The van der Waals surface area contributed by atoms with Crippen LogP contribution in [0.15, 0.2) is 23.5 Å². The van der Waals surface area contributed by atoms with Crippen LogP contribution in [-0.2, 0) is 12.8 Å². The third kappa shape index (κ3) is 1.98. The van der Waals surface area contributed by atoms with Crippen molar-refractivity contribution >= 4 is 28.1 Å². The molecule has 9 nitrogen and oxygen atoms in total. The highest BCUT2D eigenvalue weighted by Gasteiger charge is 2.22. The molecule has 9 heteroatoms. The lowest BCUT2D eigenvalue weighted by molar-refractivity contribution is 0.607. The topological polar surface area (TPSA) is 128 Å². The summed E-state index contributed by atoms with van der Waals surface area (Å²) < 4.78 is 0. The van der Waals surface area contributed by atoms with Gasteiger partial charge in [0.2, 0.25) is 5.95 Å². The predicted molar refractivity (Wildman–Crippen MR) is 87.8 cm³/mol. The molecule has 0 spiro atoms. The number of aromatic nitrogens is 7. The van der Waals surface area contributed by atoms with Gasteiger partial charge in [-0.15, -0.1) is 0 Å². The molecule has 0 fully saturated rings. The first-order valence-corrected chi connectivity index (χ1v) is 7.78. The molecule has 0 bridgehead atoms. The van der Waals surface area contributed by atoms with Crippen LogP contribution in [0.1, 0.15) is 17.5 Å². The average molecular weight is 322 g/mol. The highest BCUT2D eigenvalue weighted by molar-refractivity contribution is 5.79. The van der Waals surface area contributed by atoms with Crippen LogP contribution < -0.4 is 10.9 Å². The minimum Gasteiger partial charge on any atom is -0.353 e. The van der Waals surface area contributed by atoms with Crippen molar-refractivity contribution in [3.05, 3.63) is 40.2 Å². The number of hydrogen-bond acceptors (Lipinski definition) is 6. The first-order chi connectivity index (χ1) is 11.8. The number of pyridine rings is 1. The third-order valence-corrected chi connectivity index (χ3v) is 4.53. The van der Waals surface area contributed by atoms with E-state index in [2.05, 4.69) is 40.4 Å². The molecule has 4 heterocycles. The Hall–Kier alpha value is -3.23. The van der Waals surface area contributed by atoms with Crippen LogP contribution in [0.25, 0.3) is 22.2 Å². The first-order valence-electron chi connectivity index (χ1n) is 7.78. The van der Waals surface area contributed by atoms with Crippen LogP contribution in [0.4, 0.5) is 5.95 Å². The Morgan fingerprint density at radius 2 is 2.21 bits per heavy atom. The van der Waals surface area contributed by atoms with Gasteiger partial charge in [0.05, 0.1) is 12.5 Å². The molecule has 0 saturated carbocycles. The third-order valence-electron chi connectivity index (χ3n) is 4.53. The van der Waals surface area contributed by atoms with E-state index < -0.39 is 0 Å². The summed E-state index contributed by atoms with van der Waals surface area (Å²) in [6.45, 7) is 0. The zero-order valence-electron chi connectivity index (χ0n) is 12.6. The van der Waals surface area contributed by atoms with E-state index >= 15 is 0 Å². The number of aromatic amines is 3. The summed E-state index contributed by atoms with van der Waals surface area (Å²) in [5.41, 5.74) is 3.92. The van der Waals surface area contributed by atoms with Crippen molar-refractivity contribution in [2.24, 2.45) is 0 Å². The molecule has 0 amide bonds. The van der Waals surface area contributed by atoms with Crippen LogP contribution in [0.2, 0.25) is 0 Å². The molecule has 0 aromatic carbocycles. The first kappa shape index (κ1) is 13.2. The van der Waals surface area contributed by atoms with E-state index in [4.69, 9.17) is 0 Å². The molecule has 24 heavy (non-hydrogen) atoms. The van der Waals surface area contributed by atoms with E-state index in [1.54, 1.807) is 0 Å². The van der Waals surface area contributed by atoms with Gasteiger partial charge in [0.15, 0.2) is 16.8 Å². The molecule has 4 N–H and O–H groups in total. The Morgan fingerprint density at radius 1 is 1.25 bits per heavy atom. The molecular weight excluding hydrogens is 308 g/mol. The standard InChI is InChI=1S/C15H14N8O/c24-14-11-13(18-6-17-11)21-15(22-14)20-8-1-2-9-7(3-8)4-16-12-10(9)5-19-23-12/h4-6,8H,1-3H2,(H,16,19,23)(H3,17,18,20,21,22,24). The summed E-state index contributed by atoms with van der Waals surface area (Å²) in [7, 11) is 0. The lowest BCUT2D eigenvalue weighted by Gasteiger charge is -2.25. The van der Waals surface area contributed by atoms with Gasteiger partial charge in [-0.1, -0.05) is 0 Å². The smallest absolute Gasteiger partial charge is 0.278 e. The average Bonchev–Trinajstić information content (AvgIpc) is 3.23. The van der Waals surface area contributed by atoms with Crippen molar-refractivity contribution in [3.8, 4) is 0 Å². The maximum atomic E-state index is 12.0. The normalized spacial score (nSPS) is 17.2. The molecule has 120 valence electrons. The van der Waals surface area contributed by atoms with Crippen molar-refractivity contribution in [1.82, 2.24) is 35.1 Å². The minimum atomic E-state index is -0.224. The van der Waals surface area contributed by atoms with Crippen molar-refractivity contribution in [2.75, 3.05) is 5.32 Å². The summed E-state index contributed by atoms with van der Waals surface area (Å²) >= 11 is 0. The molecule has 1 aliphatic rings. The van der Waals surface area contributed by atoms with Crippen LogP contribution in [-0.4, -0.2) is 41.2 Å². The van der Waals surface area contributed by atoms with Crippen LogP contribution in [0, 0.1) is 0 Å². The van der Waals surface area contributed by atoms with Gasteiger partial charge in [-0.05, 0) is 30.4 Å². The Balaban J connectivity index is 1.45. The molecular formula is C15H14N8O. The van der Waals surface area contributed by atoms with E-state index in [0.717, 1.165) is 30.3 Å². The predicted octanol–water partition coefficient (Wildman–Crippen LogP) is 0.887. The van der Waals surface area contributed by atoms with Gasteiger partial charge in [-0.3, -0.25) is 14.9 Å². The molecule has 4 aromatic rings. The fourth-order valence-corrected chi connectivity index (χ4v) is 3.38. The summed E-state index contributed by atoms with van der Waals surface area (Å²) in [6.07, 6.45) is 7.90. The van der Waals surface area contributed by atoms with Crippen LogP contribution in [0.3, 0.4) is 0 Å². The lowest BCUT2D eigenvalue weighted by Crippen LogP contribution is -2.29. The summed E-state index contributed by atoms with van der Waals surface area (Å²) in [4.78, 5) is 30.3. The highest BCUT2D eigenvalue weighted by Crippen LogP contribution is 2.27. The summed E-state index contributed by atoms with van der Waals surface area (Å²) in [5, 5.41) is 11.4. The number of hydrogen-bond donors (Lipinski definition) is 4. The van der Waals surface area contributed by atoms with Gasteiger partial charge >= 0.3 is 0 Å². The quantitative estimate of drug-likeness (QED) is 0.434. The SMILES string of the molecule is O=c1[nH]c(NC2CCc3c(cnc4[nH]ncc34)C2)nc2nc[nH]c12. The number of H-pyrrole nitrogens is 3. The van der Waals surface area contributed by atoms with Gasteiger partial charge in [-0.25, -0.2) is 9.97 Å². The summed E-state index contributed by atoms with van der Waals surface area (Å²) in [6, 6.07) is 0.184. The van der Waals surface area contributed by atoms with E-state index in [0.29, 0.717) is 17.1 Å². The molecule has 5 rings (SSSR count). The number of nitrogens with zero attached hydrogens (tertiary/aromatic N) is 4. The number of aryl methyl sites for hydroxylation is 1. The number of rotatable bonds is 2. The van der Waals surface area contributed by atoms with E-state index in [1.165, 1.54) is 17.5 Å². The van der Waals surface area contributed by atoms with Crippen LogP contribution in [0.5, 0.6) is 0 Å². The van der Waals surface area contributed by atoms with Gasteiger partial charge < -0.3 is 10.3 Å². The lowest BCUT2D eigenvalue weighted by atomic mass is 9.88. The Morgan fingerprint density at radius 3 is 3.17 bits per heavy atom. The van der Waals surface area contributed by atoms with Gasteiger partial charge in [0, 0.05) is 17.6 Å². The molecule has 4 aromatic heterocycles. The van der Waals surface area contributed by atoms with Crippen molar-refractivity contribution in [3.63, 3.8) is 0 Å². The maximum absolute atomic E-state index is 12.0. The Labute approximate surface area is 135 Å². The van der Waals surface area contributed by atoms with Crippen molar-refractivity contribution in [1.29, 1.82) is 0 Å². The largest absolute Gasteiger partial charge is 0.353 e. The second-order valence-electron chi connectivity index (χ2n) is 5.99. The Kier molecular flexibility index (Phi) is 2.69. The van der Waals surface area contributed by atoms with Crippen molar-refractivity contribution < 1.29 is 0 Å². The number of anilines is 1. The number of fused-ring (bicyclic) bond motifs is 4. The van der Waals surface area contributed by atoms with E-state index in [1.807, 2.05) is 12.4 Å². The second kappa shape index (κ2) is 4.88. The summed E-state index contributed by atoms with van der Waals surface area (Å²) in [5.74, 6) is 0.449. The van der Waals surface area contributed by atoms with Gasteiger partial charge in [0.1, 0.15) is 0 Å². The Bertz CT molecular complexity index is 1110. The molecule has 1 aliphatic carbocycles. The minimum absolute atomic E-state index is 0.184. The van der Waals surface area contributed by atoms with Gasteiger partial charge in [0.25, 0.3) is 5.56 Å². The van der Waals surface area contributed by atoms with Crippen LogP contribution >= 0.6 is 0 Å². The fraction of sp³-hybridized carbons (Fsp3) is 0.267. The second-order valence-corrected chi connectivity index (χ2v) is 5.99. The van der Waals surface area contributed by atoms with E-state index in [9.17, 15) is 4.79 Å². The number of nitrogens with one attached hydrogen (secondary N) is 4. The highest BCUT2D eigenvalue weighted by atomic mass is 16.1. The molecule has 1 unspecified atom stereocenters. The number of imidazole rings is 1. The molecule has 0 radical (unpaired) electrons. The zero-order chi connectivity index (χ0) is 16.1.